The number of halogens is 2. The third-order valence-corrected chi connectivity index (χ3v) is 3.54. The molecule has 1 heterocycles. The number of H-pyrrole nitrogens is 1. The molecule has 0 spiro atoms. The number of phenols is 1. The number of hydrogen-bond donors (Lipinski definition) is 3. The van der Waals surface area contributed by atoms with Gasteiger partial charge in [0.25, 0.3) is 0 Å². The summed E-state index contributed by atoms with van der Waals surface area (Å²) in [5.41, 5.74) is 1.68. The topological polar surface area (TPSA) is 87.2 Å². The maximum atomic E-state index is 10.9. The molecule has 0 atom stereocenters. The zero-order valence-corrected chi connectivity index (χ0v) is 13.5. The van der Waals surface area contributed by atoms with Gasteiger partial charge in [-0.15, -0.1) is 0 Å². The van der Waals surface area contributed by atoms with E-state index in [1.54, 1.807) is 12.1 Å². The van der Waals surface area contributed by atoms with Crippen molar-refractivity contribution in [3.05, 3.63) is 52.5 Å². The van der Waals surface area contributed by atoms with E-state index >= 15 is 0 Å². The number of aromatic nitrogens is 2. The molecule has 0 aliphatic heterocycles. The van der Waals surface area contributed by atoms with Gasteiger partial charge in [-0.3, -0.25) is 5.32 Å². The number of nitrogens with one attached hydrogen (secondary N) is 2. The number of imidazole rings is 1. The molecule has 120 valence electrons. The number of methoxy groups -OCH3 is 1. The third-order valence-electron chi connectivity index (χ3n) is 2.73. The maximum Gasteiger partial charge on any atom is 0.413 e. The Bertz CT molecular complexity index is 767. The standard InChI is InChI=1S/C9H9N3O2.C6H4Cl2O/c1-14-9(13)12-8-10-6-4-2-3-5-7(6)11-8;7-4-2-1-3-5(9)6(4)8/h2-5H,1H3,(H2,10,11,12,13);1-3,9H. The van der Waals surface area contributed by atoms with E-state index in [0.717, 1.165) is 11.0 Å². The van der Waals surface area contributed by atoms with E-state index in [9.17, 15) is 4.79 Å². The Morgan fingerprint density at radius 1 is 1.22 bits per heavy atom. The number of anilines is 1. The molecule has 0 saturated carbocycles. The first kappa shape index (κ1) is 16.9. The summed E-state index contributed by atoms with van der Waals surface area (Å²) in [6.45, 7) is 0. The Hall–Kier alpha value is -2.44. The fourth-order valence-corrected chi connectivity index (χ4v) is 1.95. The quantitative estimate of drug-likeness (QED) is 0.603. The third kappa shape index (κ3) is 4.51. The van der Waals surface area contributed by atoms with Crippen LogP contribution in [-0.2, 0) is 4.74 Å². The predicted octanol–water partition coefficient (Wildman–Crippen LogP) is 4.44. The molecule has 3 N–H and O–H groups in total. The highest BCUT2D eigenvalue weighted by Gasteiger charge is 2.05. The Morgan fingerprint density at radius 3 is 2.57 bits per heavy atom. The number of phenolic OH excluding ortho intramolecular Hbond substituents is 1. The van der Waals surface area contributed by atoms with Crippen LogP contribution in [0.3, 0.4) is 0 Å². The highest BCUT2D eigenvalue weighted by atomic mass is 35.5. The van der Waals surface area contributed by atoms with E-state index in [1.807, 2.05) is 24.3 Å². The van der Waals surface area contributed by atoms with E-state index in [-0.39, 0.29) is 10.8 Å². The number of aromatic amines is 1. The first-order valence-electron chi connectivity index (χ1n) is 6.44. The summed E-state index contributed by atoms with van der Waals surface area (Å²) < 4.78 is 4.44. The van der Waals surface area contributed by atoms with Gasteiger partial charge < -0.3 is 14.8 Å². The van der Waals surface area contributed by atoms with Crippen molar-refractivity contribution in [2.75, 3.05) is 12.4 Å². The highest BCUT2D eigenvalue weighted by Crippen LogP contribution is 2.29. The number of amides is 1. The molecule has 0 bridgehead atoms. The smallest absolute Gasteiger partial charge is 0.413 e. The lowest BCUT2D eigenvalue weighted by Crippen LogP contribution is -2.11. The van der Waals surface area contributed by atoms with E-state index in [2.05, 4.69) is 20.0 Å². The van der Waals surface area contributed by atoms with Gasteiger partial charge in [-0.25, -0.2) is 9.78 Å². The van der Waals surface area contributed by atoms with Crippen LogP contribution in [0.4, 0.5) is 10.7 Å². The lowest BCUT2D eigenvalue weighted by atomic mass is 10.3. The van der Waals surface area contributed by atoms with Crippen LogP contribution in [0.15, 0.2) is 42.5 Å². The molecule has 8 heteroatoms. The number of aromatic hydroxyl groups is 1. The van der Waals surface area contributed by atoms with Gasteiger partial charge in [0.2, 0.25) is 5.95 Å². The van der Waals surface area contributed by atoms with Crippen molar-refractivity contribution in [1.82, 2.24) is 9.97 Å². The van der Waals surface area contributed by atoms with Crippen LogP contribution in [0.25, 0.3) is 11.0 Å². The van der Waals surface area contributed by atoms with Crippen LogP contribution >= 0.6 is 23.2 Å². The van der Waals surface area contributed by atoms with Crippen molar-refractivity contribution in [1.29, 1.82) is 0 Å². The maximum absolute atomic E-state index is 10.9. The predicted molar refractivity (Wildman–Crippen MR) is 90.2 cm³/mol. The molecule has 1 aromatic heterocycles. The van der Waals surface area contributed by atoms with Crippen molar-refractivity contribution in [3.8, 4) is 5.75 Å². The second-order valence-electron chi connectivity index (χ2n) is 4.29. The summed E-state index contributed by atoms with van der Waals surface area (Å²) in [5, 5.41) is 11.9. The molecule has 0 saturated heterocycles. The van der Waals surface area contributed by atoms with Crippen molar-refractivity contribution >= 4 is 46.3 Å². The average Bonchev–Trinajstić information content (AvgIpc) is 2.95. The van der Waals surface area contributed by atoms with Crippen molar-refractivity contribution in [3.63, 3.8) is 0 Å². The Morgan fingerprint density at radius 2 is 1.96 bits per heavy atom. The van der Waals surface area contributed by atoms with Crippen LogP contribution in [0.1, 0.15) is 0 Å². The molecular weight excluding hydrogens is 341 g/mol. The van der Waals surface area contributed by atoms with Crippen LogP contribution in [0, 0.1) is 0 Å². The normalized spacial score (nSPS) is 9.87. The lowest BCUT2D eigenvalue weighted by Gasteiger charge is -1.96. The molecule has 3 aromatic rings. The van der Waals surface area contributed by atoms with Crippen LogP contribution < -0.4 is 5.32 Å². The van der Waals surface area contributed by atoms with Crippen LogP contribution in [-0.4, -0.2) is 28.3 Å². The fraction of sp³-hybridized carbons (Fsp3) is 0.0667. The molecule has 0 fully saturated rings. The monoisotopic (exact) mass is 353 g/mol. The van der Waals surface area contributed by atoms with Gasteiger partial charge in [0.1, 0.15) is 10.8 Å². The molecule has 1 amide bonds. The largest absolute Gasteiger partial charge is 0.506 e. The summed E-state index contributed by atoms with van der Waals surface area (Å²) in [6.07, 6.45) is -0.538. The van der Waals surface area contributed by atoms with Gasteiger partial charge in [0.05, 0.1) is 23.2 Å². The number of fused-ring (bicyclic) bond motifs is 1. The minimum atomic E-state index is -0.538. The Labute approximate surface area is 142 Å². The fourth-order valence-electron chi connectivity index (χ4n) is 1.65. The van der Waals surface area contributed by atoms with E-state index in [0.29, 0.717) is 11.0 Å². The minimum Gasteiger partial charge on any atom is -0.506 e. The Balaban J connectivity index is 0.000000185. The summed E-state index contributed by atoms with van der Waals surface area (Å²) >= 11 is 11.0. The number of carbonyl (C=O) groups excluding carboxylic acids is 1. The number of hydrogen-bond acceptors (Lipinski definition) is 4. The van der Waals surface area contributed by atoms with Gasteiger partial charge in [0.15, 0.2) is 0 Å². The molecule has 23 heavy (non-hydrogen) atoms. The molecule has 3 rings (SSSR count). The first-order chi connectivity index (χ1) is 11.0. The zero-order valence-electron chi connectivity index (χ0n) is 12.0. The molecule has 0 aliphatic carbocycles. The second-order valence-corrected chi connectivity index (χ2v) is 5.08. The zero-order chi connectivity index (χ0) is 16.8. The van der Waals surface area contributed by atoms with Crippen LogP contribution in [0.5, 0.6) is 5.75 Å². The van der Waals surface area contributed by atoms with E-state index in [1.165, 1.54) is 13.2 Å². The molecule has 0 aliphatic rings. The SMILES string of the molecule is COC(=O)Nc1nc2ccccc2[nH]1.Oc1cccc(Cl)c1Cl. The van der Waals surface area contributed by atoms with Crippen molar-refractivity contribution in [2.24, 2.45) is 0 Å². The number of rotatable bonds is 1. The molecule has 2 aromatic carbocycles. The number of nitrogens with zero attached hydrogens (tertiary/aromatic N) is 1. The molecule has 0 unspecified atom stereocenters. The van der Waals surface area contributed by atoms with Crippen molar-refractivity contribution in [2.45, 2.75) is 0 Å². The highest BCUT2D eigenvalue weighted by molar-refractivity contribution is 6.42. The number of ether oxygens (including phenoxy) is 1. The summed E-state index contributed by atoms with van der Waals surface area (Å²) in [6, 6.07) is 12.2. The van der Waals surface area contributed by atoms with E-state index < -0.39 is 6.09 Å². The van der Waals surface area contributed by atoms with Gasteiger partial charge >= 0.3 is 6.09 Å². The van der Waals surface area contributed by atoms with Crippen molar-refractivity contribution < 1.29 is 14.6 Å². The first-order valence-corrected chi connectivity index (χ1v) is 7.19. The second kappa shape index (κ2) is 7.71. The van der Waals surface area contributed by atoms with Gasteiger partial charge in [-0.1, -0.05) is 41.4 Å². The molecule has 0 radical (unpaired) electrons. The molecular formula is C15H13Cl2N3O3. The number of carbonyl (C=O) groups is 1. The number of benzene rings is 2. The lowest BCUT2D eigenvalue weighted by molar-refractivity contribution is 0.186. The number of para-hydroxylation sites is 2. The van der Waals surface area contributed by atoms with Crippen LogP contribution in [0.2, 0.25) is 10.0 Å². The van der Waals surface area contributed by atoms with Gasteiger partial charge in [-0.2, -0.15) is 0 Å². The summed E-state index contributed by atoms with van der Waals surface area (Å²) in [5.74, 6) is 0.405. The summed E-state index contributed by atoms with van der Waals surface area (Å²) in [4.78, 5) is 17.9. The molecule has 6 nitrogen and oxygen atoms in total. The van der Waals surface area contributed by atoms with E-state index in [4.69, 9.17) is 28.3 Å². The van der Waals surface area contributed by atoms with Gasteiger partial charge in [-0.05, 0) is 24.3 Å². The summed E-state index contributed by atoms with van der Waals surface area (Å²) in [7, 11) is 1.30. The Kier molecular flexibility index (Phi) is 5.67. The van der Waals surface area contributed by atoms with Gasteiger partial charge in [0, 0.05) is 0 Å². The minimum absolute atomic E-state index is 0.0177. The average molecular weight is 354 g/mol.